The zero-order chi connectivity index (χ0) is 16.4. The van der Waals surface area contributed by atoms with Crippen LogP contribution in [0.25, 0.3) is 11.4 Å². The van der Waals surface area contributed by atoms with Crippen molar-refractivity contribution in [3.63, 3.8) is 0 Å². The molecule has 0 saturated carbocycles. The Hall–Kier alpha value is -3.14. The van der Waals surface area contributed by atoms with E-state index in [0.29, 0.717) is 16.0 Å². The lowest BCUT2D eigenvalue weighted by molar-refractivity contribution is 0.626. The van der Waals surface area contributed by atoms with E-state index in [4.69, 9.17) is 0 Å². The molecular formula is C14H9FN8S. The van der Waals surface area contributed by atoms with Gasteiger partial charge >= 0.3 is 0 Å². The molecule has 0 amide bonds. The number of rotatable bonds is 4. The molecular weight excluding hydrogens is 331 g/mol. The number of hydrogen-bond acceptors (Lipinski definition) is 7. The molecule has 0 bridgehead atoms. The van der Waals surface area contributed by atoms with Gasteiger partial charge in [0.25, 0.3) is 0 Å². The lowest BCUT2D eigenvalue weighted by atomic mass is 10.3. The van der Waals surface area contributed by atoms with E-state index in [-0.39, 0.29) is 5.82 Å². The second-order valence-electron chi connectivity index (χ2n) is 4.66. The third kappa shape index (κ3) is 2.74. The molecule has 0 aliphatic rings. The summed E-state index contributed by atoms with van der Waals surface area (Å²) in [6.07, 6.45) is 0. The van der Waals surface area contributed by atoms with Crippen LogP contribution in [-0.2, 0) is 0 Å². The van der Waals surface area contributed by atoms with Gasteiger partial charge in [0.2, 0.25) is 10.3 Å². The minimum Gasteiger partial charge on any atom is -0.207 e. The molecule has 24 heavy (non-hydrogen) atoms. The Labute approximate surface area is 139 Å². The fourth-order valence-corrected chi connectivity index (χ4v) is 2.82. The molecule has 2 heterocycles. The standard InChI is InChI=1S/C14H9FN8S/c15-10-6-8-12(9-7-10)23-14(17-19-21-23)24-13-16-18-20-22(13)11-4-2-1-3-5-11/h1-9H. The van der Waals surface area contributed by atoms with E-state index in [9.17, 15) is 4.39 Å². The molecule has 2 aromatic carbocycles. The van der Waals surface area contributed by atoms with Crippen LogP contribution in [0.4, 0.5) is 4.39 Å². The molecule has 4 rings (SSSR count). The van der Waals surface area contributed by atoms with E-state index >= 15 is 0 Å². The molecule has 0 N–H and O–H groups in total. The number of aromatic nitrogens is 8. The number of tetrazole rings is 2. The summed E-state index contributed by atoms with van der Waals surface area (Å²) in [5, 5.41) is 24.3. The van der Waals surface area contributed by atoms with Gasteiger partial charge < -0.3 is 0 Å². The minimum atomic E-state index is -0.325. The minimum absolute atomic E-state index is 0.325. The van der Waals surface area contributed by atoms with Gasteiger partial charge in [0.15, 0.2) is 0 Å². The first-order chi connectivity index (χ1) is 11.8. The normalized spacial score (nSPS) is 10.9. The van der Waals surface area contributed by atoms with Crippen LogP contribution in [-0.4, -0.2) is 40.4 Å². The van der Waals surface area contributed by atoms with Gasteiger partial charge in [-0.2, -0.15) is 9.36 Å². The molecule has 8 nitrogen and oxygen atoms in total. The van der Waals surface area contributed by atoms with Crippen molar-refractivity contribution in [1.29, 1.82) is 0 Å². The van der Waals surface area contributed by atoms with Gasteiger partial charge in [0.05, 0.1) is 11.4 Å². The summed E-state index contributed by atoms with van der Waals surface area (Å²) in [6.45, 7) is 0. The summed E-state index contributed by atoms with van der Waals surface area (Å²) in [6, 6.07) is 15.4. The zero-order valence-corrected chi connectivity index (χ0v) is 12.9. The van der Waals surface area contributed by atoms with E-state index in [1.54, 1.807) is 16.8 Å². The molecule has 0 unspecified atom stereocenters. The van der Waals surface area contributed by atoms with Crippen LogP contribution in [0.5, 0.6) is 0 Å². The zero-order valence-electron chi connectivity index (χ0n) is 12.1. The molecule has 2 aromatic heterocycles. The first-order valence-corrected chi connectivity index (χ1v) is 7.69. The Kier molecular flexibility index (Phi) is 3.71. The summed E-state index contributed by atoms with van der Waals surface area (Å²) in [5.74, 6) is -0.325. The average molecular weight is 340 g/mol. The highest BCUT2D eigenvalue weighted by molar-refractivity contribution is 7.99. The molecule has 0 aliphatic heterocycles. The third-order valence-electron chi connectivity index (χ3n) is 3.14. The summed E-state index contributed by atoms with van der Waals surface area (Å²) in [4.78, 5) is 0. The topological polar surface area (TPSA) is 87.2 Å². The van der Waals surface area contributed by atoms with Crippen molar-refractivity contribution in [2.45, 2.75) is 10.3 Å². The van der Waals surface area contributed by atoms with Crippen molar-refractivity contribution in [1.82, 2.24) is 40.4 Å². The molecule has 0 atom stereocenters. The lowest BCUT2D eigenvalue weighted by Gasteiger charge is -2.05. The number of nitrogens with zero attached hydrogens (tertiary/aromatic N) is 8. The van der Waals surface area contributed by atoms with Crippen LogP contribution >= 0.6 is 11.8 Å². The first-order valence-electron chi connectivity index (χ1n) is 6.87. The number of hydrogen-bond donors (Lipinski definition) is 0. The van der Waals surface area contributed by atoms with Crippen LogP contribution in [0, 0.1) is 5.82 Å². The maximum atomic E-state index is 13.1. The van der Waals surface area contributed by atoms with Crippen molar-refractivity contribution in [2.24, 2.45) is 0 Å². The Balaban J connectivity index is 1.68. The highest BCUT2D eigenvalue weighted by Gasteiger charge is 2.16. The Bertz CT molecular complexity index is 950. The summed E-state index contributed by atoms with van der Waals surface area (Å²) in [7, 11) is 0. The summed E-state index contributed by atoms with van der Waals surface area (Å²) < 4.78 is 16.2. The van der Waals surface area contributed by atoms with Gasteiger partial charge in [-0.15, -0.1) is 10.2 Å². The second-order valence-corrected chi connectivity index (χ2v) is 5.59. The molecule has 0 spiro atoms. The molecule has 4 aromatic rings. The van der Waals surface area contributed by atoms with Gasteiger partial charge in [0.1, 0.15) is 5.82 Å². The predicted octanol–water partition coefficient (Wildman–Crippen LogP) is 1.93. The van der Waals surface area contributed by atoms with Gasteiger partial charge in [-0.25, -0.2) is 4.39 Å². The van der Waals surface area contributed by atoms with Crippen LogP contribution in [0.3, 0.4) is 0 Å². The third-order valence-corrected chi connectivity index (χ3v) is 4.01. The molecule has 10 heteroatoms. The van der Waals surface area contributed by atoms with Crippen LogP contribution in [0.1, 0.15) is 0 Å². The SMILES string of the molecule is Fc1ccc(-n2nnnc2Sc2nnnn2-c2ccccc2)cc1. The highest BCUT2D eigenvalue weighted by atomic mass is 32.2. The Morgan fingerprint density at radius 2 is 1.25 bits per heavy atom. The maximum absolute atomic E-state index is 13.1. The molecule has 0 fully saturated rings. The van der Waals surface area contributed by atoms with E-state index in [0.717, 1.165) is 5.69 Å². The van der Waals surface area contributed by atoms with E-state index in [2.05, 4.69) is 31.1 Å². The largest absolute Gasteiger partial charge is 0.221 e. The smallest absolute Gasteiger partial charge is 0.207 e. The van der Waals surface area contributed by atoms with Crippen molar-refractivity contribution >= 4 is 11.8 Å². The van der Waals surface area contributed by atoms with Crippen molar-refractivity contribution in [3.8, 4) is 11.4 Å². The van der Waals surface area contributed by atoms with Crippen molar-refractivity contribution in [2.75, 3.05) is 0 Å². The average Bonchev–Trinajstić information content (AvgIpc) is 3.26. The first kappa shape index (κ1) is 14.5. The van der Waals surface area contributed by atoms with Gasteiger partial charge in [0, 0.05) is 0 Å². The Morgan fingerprint density at radius 1 is 0.708 bits per heavy atom. The molecule has 0 saturated heterocycles. The maximum Gasteiger partial charge on any atom is 0.221 e. The van der Waals surface area contributed by atoms with Gasteiger partial charge in [-0.3, -0.25) is 0 Å². The van der Waals surface area contributed by atoms with Gasteiger partial charge in [-0.1, -0.05) is 18.2 Å². The number of halogens is 1. The van der Waals surface area contributed by atoms with E-state index in [1.807, 2.05) is 30.3 Å². The van der Waals surface area contributed by atoms with Crippen LogP contribution < -0.4 is 0 Å². The number of benzene rings is 2. The van der Waals surface area contributed by atoms with Crippen LogP contribution in [0.15, 0.2) is 64.9 Å². The van der Waals surface area contributed by atoms with Crippen LogP contribution in [0.2, 0.25) is 0 Å². The van der Waals surface area contributed by atoms with Crippen molar-refractivity contribution < 1.29 is 4.39 Å². The molecule has 0 aliphatic carbocycles. The van der Waals surface area contributed by atoms with E-state index in [1.165, 1.54) is 28.6 Å². The van der Waals surface area contributed by atoms with Crippen molar-refractivity contribution in [3.05, 3.63) is 60.4 Å². The Morgan fingerprint density at radius 3 is 1.83 bits per heavy atom. The number of para-hydroxylation sites is 1. The molecule has 118 valence electrons. The van der Waals surface area contributed by atoms with Gasteiger partial charge in [-0.05, 0) is 69.0 Å². The lowest BCUT2D eigenvalue weighted by Crippen LogP contribution is -2.02. The fraction of sp³-hybridized carbons (Fsp3) is 0. The quantitative estimate of drug-likeness (QED) is 0.561. The summed E-state index contributed by atoms with van der Waals surface area (Å²) in [5.41, 5.74) is 1.47. The summed E-state index contributed by atoms with van der Waals surface area (Å²) >= 11 is 1.21. The predicted molar refractivity (Wildman–Crippen MR) is 82.4 cm³/mol. The van der Waals surface area contributed by atoms with E-state index < -0.39 is 0 Å². The second kappa shape index (κ2) is 6.16. The fourth-order valence-electron chi connectivity index (χ4n) is 2.04. The highest BCUT2D eigenvalue weighted by Crippen LogP contribution is 2.26. The molecule has 0 radical (unpaired) electrons. The monoisotopic (exact) mass is 340 g/mol.